The van der Waals surface area contributed by atoms with Gasteiger partial charge in [0.05, 0.1) is 13.2 Å². The Morgan fingerprint density at radius 3 is 3.00 bits per heavy atom. The van der Waals surface area contributed by atoms with Crippen molar-refractivity contribution in [2.75, 3.05) is 7.11 Å². The van der Waals surface area contributed by atoms with E-state index in [4.69, 9.17) is 9.57 Å². The Hall–Kier alpha value is -0.580. The molecule has 2 rings (SSSR count). The number of hydroxylamine groups is 1. The fraction of sp³-hybridized carbons (Fsp3) is 0.400. The van der Waals surface area contributed by atoms with E-state index in [2.05, 4.69) is 21.4 Å². The van der Waals surface area contributed by atoms with Gasteiger partial charge in [0.15, 0.2) is 0 Å². The van der Waals surface area contributed by atoms with Crippen molar-refractivity contribution in [2.24, 2.45) is 0 Å². The van der Waals surface area contributed by atoms with Crippen molar-refractivity contribution in [3.05, 3.63) is 28.2 Å². The molecule has 0 fully saturated rings. The second-order valence-electron chi connectivity index (χ2n) is 3.30. The zero-order chi connectivity index (χ0) is 10.1. The van der Waals surface area contributed by atoms with Crippen LogP contribution in [-0.4, -0.2) is 13.2 Å². The van der Waals surface area contributed by atoms with Gasteiger partial charge >= 0.3 is 0 Å². The van der Waals surface area contributed by atoms with Crippen molar-refractivity contribution in [2.45, 2.75) is 19.1 Å². The van der Waals surface area contributed by atoms with Crippen molar-refractivity contribution in [1.82, 2.24) is 5.48 Å². The lowest BCUT2D eigenvalue weighted by Crippen LogP contribution is -2.27. The number of ether oxygens (including phenoxy) is 1. The predicted octanol–water partition coefficient (Wildman–Crippen LogP) is 2.42. The molecule has 4 heteroatoms. The van der Waals surface area contributed by atoms with Crippen molar-refractivity contribution >= 4 is 15.9 Å². The quantitative estimate of drug-likeness (QED) is 0.826. The van der Waals surface area contributed by atoms with Gasteiger partial charge in [0.1, 0.15) is 11.9 Å². The maximum absolute atomic E-state index is 5.68. The molecule has 1 aliphatic rings. The molecule has 0 radical (unpaired) electrons. The number of nitrogens with one attached hydrogen (secondary N) is 1. The lowest BCUT2D eigenvalue weighted by molar-refractivity contribution is 0.0339. The van der Waals surface area contributed by atoms with Crippen molar-refractivity contribution in [3.8, 4) is 5.75 Å². The molecule has 2 atom stereocenters. The maximum Gasteiger partial charge on any atom is 0.125 e. The van der Waals surface area contributed by atoms with Gasteiger partial charge in [-0.25, -0.2) is 0 Å². The number of fused-ring (bicyclic) bond motifs is 1. The topological polar surface area (TPSA) is 30.5 Å². The average Bonchev–Trinajstić information content (AvgIpc) is 2.43. The molecule has 1 aliphatic heterocycles. The van der Waals surface area contributed by atoms with Gasteiger partial charge in [-0.05, 0) is 19.1 Å². The van der Waals surface area contributed by atoms with Crippen LogP contribution >= 0.6 is 15.9 Å². The summed E-state index contributed by atoms with van der Waals surface area (Å²) in [7, 11) is 1.61. The minimum atomic E-state index is 0.0965. The minimum absolute atomic E-state index is 0.0965. The fourth-order valence-electron chi connectivity index (χ4n) is 1.67. The van der Waals surface area contributed by atoms with E-state index in [-0.39, 0.29) is 12.1 Å². The third-order valence-electron chi connectivity index (χ3n) is 2.34. The highest BCUT2D eigenvalue weighted by molar-refractivity contribution is 9.10. The van der Waals surface area contributed by atoms with Gasteiger partial charge in [-0.3, -0.25) is 0 Å². The summed E-state index contributed by atoms with van der Waals surface area (Å²) in [5.74, 6) is 0.918. The van der Waals surface area contributed by atoms with Crippen molar-refractivity contribution in [3.63, 3.8) is 0 Å². The molecule has 76 valence electrons. The summed E-state index contributed by atoms with van der Waals surface area (Å²) < 4.78 is 6.71. The molecular formula is C10H12BrNO2. The molecular weight excluding hydrogens is 246 g/mol. The third-order valence-corrected chi connectivity index (χ3v) is 2.83. The molecule has 1 N–H and O–H groups in total. The van der Waals surface area contributed by atoms with Crippen LogP contribution in [0.3, 0.4) is 0 Å². The Morgan fingerprint density at radius 1 is 1.50 bits per heavy atom. The zero-order valence-electron chi connectivity index (χ0n) is 8.08. The fourth-order valence-corrected chi connectivity index (χ4v) is 2.01. The van der Waals surface area contributed by atoms with Gasteiger partial charge in [-0.2, -0.15) is 5.48 Å². The van der Waals surface area contributed by atoms with E-state index in [1.54, 1.807) is 7.11 Å². The second-order valence-corrected chi connectivity index (χ2v) is 4.22. The van der Waals surface area contributed by atoms with E-state index in [1.165, 1.54) is 0 Å². The third kappa shape index (κ3) is 1.65. The van der Waals surface area contributed by atoms with Crippen LogP contribution < -0.4 is 10.2 Å². The normalized spacial score (nSPS) is 24.5. The van der Waals surface area contributed by atoms with Crippen LogP contribution in [0, 0.1) is 0 Å². The minimum Gasteiger partial charge on any atom is -0.488 e. The van der Waals surface area contributed by atoms with Crippen LogP contribution in [0.4, 0.5) is 0 Å². The number of hydrogen-bond acceptors (Lipinski definition) is 3. The van der Waals surface area contributed by atoms with E-state index >= 15 is 0 Å². The van der Waals surface area contributed by atoms with Crippen molar-refractivity contribution in [1.29, 1.82) is 0 Å². The smallest absolute Gasteiger partial charge is 0.125 e. The number of hydrogen-bond donors (Lipinski definition) is 1. The first-order valence-electron chi connectivity index (χ1n) is 4.47. The second kappa shape index (κ2) is 3.88. The predicted molar refractivity (Wildman–Crippen MR) is 57.1 cm³/mol. The molecule has 0 bridgehead atoms. The molecule has 14 heavy (non-hydrogen) atoms. The molecule has 0 amide bonds. The van der Waals surface area contributed by atoms with E-state index < -0.39 is 0 Å². The molecule has 0 spiro atoms. The molecule has 0 aromatic heterocycles. The van der Waals surface area contributed by atoms with E-state index in [0.717, 1.165) is 15.8 Å². The summed E-state index contributed by atoms with van der Waals surface area (Å²) >= 11 is 3.41. The van der Waals surface area contributed by atoms with Gasteiger partial charge in [0, 0.05) is 10.0 Å². The maximum atomic E-state index is 5.68. The molecule has 0 saturated heterocycles. The lowest BCUT2D eigenvalue weighted by atomic mass is 10.1. The molecule has 0 saturated carbocycles. The zero-order valence-corrected chi connectivity index (χ0v) is 9.67. The van der Waals surface area contributed by atoms with Crippen LogP contribution in [0.5, 0.6) is 5.75 Å². The molecule has 0 aliphatic carbocycles. The van der Waals surface area contributed by atoms with Crippen LogP contribution in [0.1, 0.15) is 18.5 Å². The monoisotopic (exact) mass is 257 g/mol. The largest absolute Gasteiger partial charge is 0.488 e. The Balaban J connectivity index is 2.33. The van der Waals surface area contributed by atoms with Gasteiger partial charge in [-0.15, -0.1) is 0 Å². The van der Waals surface area contributed by atoms with Crippen LogP contribution in [0.25, 0.3) is 0 Å². The van der Waals surface area contributed by atoms with E-state index in [0.29, 0.717) is 0 Å². The van der Waals surface area contributed by atoms with Crippen molar-refractivity contribution < 1.29 is 9.57 Å². The van der Waals surface area contributed by atoms with Gasteiger partial charge < -0.3 is 9.57 Å². The van der Waals surface area contributed by atoms with Crippen LogP contribution in [-0.2, 0) is 4.84 Å². The first-order valence-corrected chi connectivity index (χ1v) is 5.26. The SMILES string of the molecule is CONC1c2ccc(Br)cc2OC1C. The molecule has 2 unspecified atom stereocenters. The molecule has 1 aromatic carbocycles. The van der Waals surface area contributed by atoms with Gasteiger partial charge in [0.25, 0.3) is 0 Å². The highest BCUT2D eigenvalue weighted by Crippen LogP contribution is 2.37. The Bertz CT molecular complexity index is 343. The number of halogens is 1. The summed E-state index contributed by atoms with van der Waals surface area (Å²) in [5.41, 5.74) is 4.07. The standard InChI is InChI=1S/C10H12BrNO2/c1-6-10(12-13-2)8-4-3-7(11)5-9(8)14-6/h3-6,10,12H,1-2H3. The lowest BCUT2D eigenvalue weighted by Gasteiger charge is -2.14. The molecule has 3 nitrogen and oxygen atoms in total. The van der Waals surface area contributed by atoms with Crippen LogP contribution in [0.2, 0.25) is 0 Å². The highest BCUT2D eigenvalue weighted by atomic mass is 79.9. The van der Waals surface area contributed by atoms with E-state index in [1.807, 2.05) is 25.1 Å². The summed E-state index contributed by atoms with van der Waals surface area (Å²) in [6.07, 6.45) is 0.0965. The van der Waals surface area contributed by atoms with Gasteiger partial charge in [0.2, 0.25) is 0 Å². The number of benzene rings is 1. The Morgan fingerprint density at radius 2 is 2.29 bits per heavy atom. The summed E-state index contributed by atoms with van der Waals surface area (Å²) in [5, 5.41) is 0. The first-order chi connectivity index (χ1) is 6.72. The molecule has 1 aromatic rings. The molecule has 1 heterocycles. The van der Waals surface area contributed by atoms with Gasteiger partial charge in [-0.1, -0.05) is 22.0 Å². The first kappa shape index (κ1) is 9.96. The summed E-state index contributed by atoms with van der Waals surface area (Å²) in [6.45, 7) is 2.02. The Labute approximate surface area is 91.5 Å². The number of rotatable bonds is 2. The summed E-state index contributed by atoms with van der Waals surface area (Å²) in [6, 6.07) is 6.14. The highest BCUT2D eigenvalue weighted by Gasteiger charge is 2.31. The van der Waals surface area contributed by atoms with Crippen LogP contribution in [0.15, 0.2) is 22.7 Å². The summed E-state index contributed by atoms with van der Waals surface area (Å²) in [4.78, 5) is 4.94. The average molecular weight is 258 g/mol. The Kier molecular flexibility index (Phi) is 2.76. The van der Waals surface area contributed by atoms with E-state index in [9.17, 15) is 0 Å².